The van der Waals surface area contributed by atoms with E-state index in [0.717, 1.165) is 44.3 Å². The van der Waals surface area contributed by atoms with Crippen molar-refractivity contribution in [3.05, 3.63) is 12.0 Å². The summed E-state index contributed by atoms with van der Waals surface area (Å²) in [4.78, 5) is 6.68. The van der Waals surface area contributed by atoms with Gasteiger partial charge in [-0.05, 0) is 25.7 Å². The summed E-state index contributed by atoms with van der Waals surface area (Å²) in [7, 11) is 2.06. The van der Waals surface area contributed by atoms with E-state index in [1.807, 2.05) is 0 Å². The molecule has 1 saturated carbocycles. The molecule has 3 rings (SSSR count). The summed E-state index contributed by atoms with van der Waals surface area (Å²) in [6.45, 7) is 2.49. The minimum absolute atomic E-state index is 0.488. The molecule has 18 heavy (non-hydrogen) atoms. The second kappa shape index (κ2) is 5.28. The largest absolute Gasteiger partial charge is 0.432 e. The van der Waals surface area contributed by atoms with Crippen LogP contribution in [0.15, 0.2) is 10.7 Å². The molecule has 0 unspecified atom stereocenters. The molecular formula is C13H21N3O2. The molecule has 0 spiro atoms. The monoisotopic (exact) mass is 251 g/mol. The standard InChI is InChI=1S/C13H21N3O2/c1-16(12-4-6-17-7-5-12)13-15-11(9-18-13)8-14-10-2-3-10/h9-10,12,14H,2-8H2,1H3. The van der Waals surface area contributed by atoms with Gasteiger partial charge in [0.25, 0.3) is 6.01 Å². The van der Waals surface area contributed by atoms with E-state index < -0.39 is 0 Å². The van der Waals surface area contributed by atoms with Gasteiger partial charge in [0.2, 0.25) is 0 Å². The van der Waals surface area contributed by atoms with Crippen LogP contribution in [0, 0.1) is 0 Å². The van der Waals surface area contributed by atoms with E-state index >= 15 is 0 Å². The lowest BCUT2D eigenvalue weighted by Crippen LogP contribution is -2.36. The molecule has 1 saturated heterocycles. The van der Waals surface area contributed by atoms with Crippen molar-refractivity contribution in [2.45, 2.75) is 44.3 Å². The fourth-order valence-corrected chi connectivity index (χ4v) is 2.30. The Morgan fingerprint density at radius 1 is 1.33 bits per heavy atom. The first-order valence-corrected chi connectivity index (χ1v) is 6.81. The van der Waals surface area contributed by atoms with Crippen LogP contribution in [0.4, 0.5) is 6.01 Å². The average Bonchev–Trinajstić information content (AvgIpc) is 3.14. The van der Waals surface area contributed by atoms with Crippen molar-refractivity contribution in [3.8, 4) is 0 Å². The SMILES string of the molecule is CN(c1nc(CNC2CC2)co1)C1CCOCC1. The fraction of sp³-hybridized carbons (Fsp3) is 0.769. The van der Waals surface area contributed by atoms with Crippen LogP contribution in [-0.4, -0.2) is 37.3 Å². The molecule has 1 aliphatic heterocycles. The van der Waals surface area contributed by atoms with Crippen molar-refractivity contribution in [1.82, 2.24) is 10.3 Å². The normalized spacial score (nSPS) is 21.2. The zero-order valence-corrected chi connectivity index (χ0v) is 10.9. The zero-order chi connectivity index (χ0) is 12.4. The molecule has 0 radical (unpaired) electrons. The third-order valence-electron chi connectivity index (χ3n) is 3.73. The number of oxazole rings is 1. The van der Waals surface area contributed by atoms with Gasteiger partial charge in [-0.3, -0.25) is 0 Å². The Bertz CT molecular complexity index is 383. The van der Waals surface area contributed by atoms with Crippen LogP contribution in [0.25, 0.3) is 0 Å². The van der Waals surface area contributed by atoms with Crippen LogP contribution < -0.4 is 10.2 Å². The van der Waals surface area contributed by atoms with E-state index in [9.17, 15) is 0 Å². The molecule has 1 aromatic heterocycles. The number of anilines is 1. The first kappa shape index (κ1) is 12.0. The van der Waals surface area contributed by atoms with Crippen LogP contribution >= 0.6 is 0 Å². The van der Waals surface area contributed by atoms with Gasteiger partial charge in [-0.2, -0.15) is 4.98 Å². The summed E-state index contributed by atoms with van der Waals surface area (Å²) < 4.78 is 10.9. The number of aromatic nitrogens is 1. The van der Waals surface area contributed by atoms with Gasteiger partial charge in [0.05, 0.1) is 5.69 Å². The van der Waals surface area contributed by atoms with Gasteiger partial charge in [0.1, 0.15) is 6.26 Å². The van der Waals surface area contributed by atoms with Crippen LogP contribution in [0.3, 0.4) is 0 Å². The molecule has 1 aromatic rings. The fourth-order valence-electron chi connectivity index (χ4n) is 2.30. The summed E-state index contributed by atoms with van der Waals surface area (Å²) in [5.41, 5.74) is 0.996. The number of hydrogen-bond acceptors (Lipinski definition) is 5. The number of rotatable bonds is 5. The number of nitrogens with one attached hydrogen (secondary N) is 1. The maximum Gasteiger partial charge on any atom is 0.297 e. The molecule has 0 atom stereocenters. The maximum absolute atomic E-state index is 5.57. The minimum atomic E-state index is 0.488. The lowest BCUT2D eigenvalue weighted by molar-refractivity contribution is 0.0846. The predicted octanol–water partition coefficient (Wildman–Crippen LogP) is 1.54. The third-order valence-corrected chi connectivity index (χ3v) is 3.73. The van der Waals surface area contributed by atoms with Gasteiger partial charge in [-0.25, -0.2) is 0 Å². The highest BCUT2D eigenvalue weighted by Crippen LogP contribution is 2.22. The lowest BCUT2D eigenvalue weighted by atomic mass is 10.1. The smallest absolute Gasteiger partial charge is 0.297 e. The highest BCUT2D eigenvalue weighted by Gasteiger charge is 2.23. The molecule has 100 valence electrons. The number of hydrogen-bond donors (Lipinski definition) is 1. The van der Waals surface area contributed by atoms with Gasteiger partial charge in [0, 0.05) is 38.9 Å². The van der Waals surface area contributed by atoms with Gasteiger partial charge < -0.3 is 19.4 Å². The molecule has 1 aliphatic carbocycles. The van der Waals surface area contributed by atoms with E-state index in [-0.39, 0.29) is 0 Å². The molecular weight excluding hydrogens is 230 g/mol. The number of ether oxygens (including phenoxy) is 1. The van der Waals surface area contributed by atoms with Crippen LogP contribution in [-0.2, 0) is 11.3 Å². The van der Waals surface area contributed by atoms with Crippen LogP contribution in [0.5, 0.6) is 0 Å². The van der Waals surface area contributed by atoms with Gasteiger partial charge in [-0.1, -0.05) is 0 Å². The Hall–Kier alpha value is -1.07. The first-order chi connectivity index (χ1) is 8.83. The molecule has 2 aliphatic rings. The number of nitrogens with zero attached hydrogens (tertiary/aromatic N) is 2. The molecule has 5 nitrogen and oxygen atoms in total. The Labute approximate surface area is 108 Å². The summed E-state index contributed by atoms with van der Waals surface area (Å²) in [5.74, 6) is 0. The van der Waals surface area contributed by atoms with E-state index in [4.69, 9.17) is 9.15 Å². The molecule has 0 amide bonds. The summed E-state index contributed by atoms with van der Waals surface area (Å²) in [6, 6.07) is 1.93. The summed E-state index contributed by atoms with van der Waals surface area (Å²) in [6.07, 6.45) is 6.46. The van der Waals surface area contributed by atoms with Crippen LogP contribution in [0.1, 0.15) is 31.4 Å². The van der Waals surface area contributed by atoms with Gasteiger partial charge >= 0.3 is 0 Å². The first-order valence-electron chi connectivity index (χ1n) is 6.81. The van der Waals surface area contributed by atoms with Crippen molar-refractivity contribution in [2.75, 3.05) is 25.2 Å². The highest BCUT2D eigenvalue weighted by atomic mass is 16.5. The lowest BCUT2D eigenvalue weighted by Gasteiger charge is -2.29. The summed E-state index contributed by atoms with van der Waals surface area (Å²) >= 11 is 0. The molecule has 2 heterocycles. The van der Waals surface area contributed by atoms with Crippen molar-refractivity contribution < 1.29 is 9.15 Å². The van der Waals surface area contributed by atoms with E-state index in [2.05, 4.69) is 22.2 Å². The van der Waals surface area contributed by atoms with Crippen molar-refractivity contribution in [2.24, 2.45) is 0 Å². The summed E-state index contributed by atoms with van der Waals surface area (Å²) in [5, 5.41) is 3.44. The highest BCUT2D eigenvalue weighted by molar-refractivity contribution is 5.27. The van der Waals surface area contributed by atoms with Gasteiger partial charge in [0.15, 0.2) is 0 Å². The van der Waals surface area contributed by atoms with E-state index in [1.165, 1.54) is 12.8 Å². The second-order valence-electron chi connectivity index (χ2n) is 5.23. The Morgan fingerprint density at radius 3 is 2.83 bits per heavy atom. The molecule has 0 bridgehead atoms. The Morgan fingerprint density at radius 2 is 2.11 bits per heavy atom. The minimum Gasteiger partial charge on any atom is -0.432 e. The Balaban J connectivity index is 1.56. The maximum atomic E-state index is 5.57. The zero-order valence-electron chi connectivity index (χ0n) is 10.9. The predicted molar refractivity (Wildman–Crippen MR) is 68.6 cm³/mol. The second-order valence-corrected chi connectivity index (χ2v) is 5.23. The van der Waals surface area contributed by atoms with Crippen molar-refractivity contribution in [1.29, 1.82) is 0 Å². The molecule has 2 fully saturated rings. The molecule has 1 N–H and O–H groups in total. The molecule has 5 heteroatoms. The quantitative estimate of drug-likeness (QED) is 0.860. The average molecular weight is 251 g/mol. The van der Waals surface area contributed by atoms with E-state index in [1.54, 1.807) is 6.26 Å². The topological polar surface area (TPSA) is 50.5 Å². The molecule has 0 aromatic carbocycles. The van der Waals surface area contributed by atoms with Crippen LogP contribution in [0.2, 0.25) is 0 Å². The Kier molecular flexibility index (Phi) is 3.52. The van der Waals surface area contributed by atoms with Gasteiger partial charge in [-0.15, -0.1) is 0 Å². The van der Waals surface area contributed by atoms with Crippen molar-refractivity contribution >= 4 is 6.01 Å². The van der Waals surface area contributed by atoms with E-state index in [0.29, 0.717) is 12.1 Å². The van der Waals surface area contributed by atoms with Crippen molar-refractivity contribution in [3.63, 3.8) is 0 Å². The third kappa shape index (κ3) is 2.84.